The zero-order chi connectivity index (χ0) is 21.6. The summed E-state index contributed by atoms with van der Waals surface area (Å²) in [6, 6.07) is 10.7. The summed E-state index contributed by atoms with van der Waals surface area (Å²) in [5.74, 6) is 0.430. The number of para-hydroxylation sites is 1. The molecule has 0 heterocycles. The molecule has 0 atom stereocenters. The summed E-state index contributed by atoms with van der Waals surface area (Å²) in [5, 5.41) is 2.93. The Kier molecular flexibility index (Phi) is 7.65. The van der Waals surface area contributed by atoms with Crippen LogP contribution in [0.5, 0.6) is 11.5 Å². The number of nitrogens with one attached hydrogen (secondary N) is 1. The molecular formula is C23H29NO5. The lowest BCUT2D eigenvalue weighted by atomic mass is 9.92. The maximum atomic E-state index is 12.5. The van der Waals surface area contributed by atoms with Crippen LogP contribution in [0.2, 0.25) is 0 Å². The monoisotopic (exact) mass is 399 g/mol. The van der Waals surface area contributed by atoms with Gasteiger partial charge in [0.15, 0.2) is 18.1 Å². The molecule has 0 bridgehead atoms. The van der Waals surface area contributed by atoms with Gasteiger partial charge in [0.25, 0.3) is 5.91 Å². The van der Waals surface area contributed by atoms with Crippen molar-refractivity contribution in [1.82, 2.24) is 0 Å². The van der Waals surface area contributed by atoms with Crippen molar-refractivity contribution in [2.75, 3.05) is 26.1 Å². The molecule has 0 fully saturated rings. The highest BCUT2D eigenvalue weighted by molar-refractivity contribution is 5.96. The fourth-order valence-corrected chi connectivity index (χ4v) is 3.05. The number of esters is 1. The maximum Gasteiger partial charge on any atom is 0.338 e. The largest absolute Gasteiger partial charge is 0.493 e. The average molecular weight is 399 g/mol. The van der Waals surface area contributed by atoms with Crippen molar-refractivity contribution < 1.29 is 23.8 Å². The Morgan fingerprint density at radius 2 is 1.48 bits per heavy atom. The fourth-order valence-electron chi connectivity index (χ4n) is 3.05. The van der Waals surface area contributed by atoms with Crippen molar-refractivity contribution in [2.45, 2.75) is 39.5 Å². The SMILES string of the molecule is COc1ccc(C(=O)OCC(=O)Nc2c(C(C)C)cccc2C(C)C)cc1OC. The number of carbonyl (C=O) groups is 2. The van der Waals surface area contributed by atoms with Crippen LogP contribution in [0.15, 0.2) is 36.4 Å². The van der Waals surface area contributed by atoms with Crippen molar-refractivity contribution >= 4 is 17.6 Å². The summed E-state index contributed by atoms with van der Waals surface area (Å²) in [5.41, 5.74) is 3.18. The number of amides is 1. The standard InChI is InChI=1S/C23H29NO5/c1-14(2)17-8-7-9-18(15(3)4)22(17)24-21(25)13-29-23(26)16-10-11-19(27-5)20(12-16)28-6/h7-12,14-15H,13H2,1-6H3,(H,24,25). The molecule has 0 radical (unpaired) electrons. The first-order valence-corrected chi connectivity index (χ1v) is 9.60. The smallest absolute Gasteiger partial charge is 0.338 e. The molecule has 0 aromatic heterocycles. The van der Waals surface area contributed by atoms with E-state index in [-0.39, 0.29) is 29.9 Å². The Morgan fingerprint density at radius 3 is 2.00 bits per heavy atom. The molecule has 0 aliphatic heterocycles. The van der Waals surface area contributed by atoms with Crippen molar-refractivity contribution in [3.05, 3.63) is 53.1 Å². The Hall–Kier alpha value is -3.02. The third kappa shape index (κ3) is 5.50. The van der Waals surface area contributed by atoms with Crippen molar-refractivity contribution in [3.63, 3.8) is 0 Å². The summed E-state index contributed by atoms with van der Waals surface area (Å²) in [6.07, 6.45) is 0. The van der Waals surface area contributed by atoms with Gasteiger partial charge in [0, 0.05) is 5.69 Å². The molecular weight excluding hydrogens is 370 g/mol. The van der Waals surface area contributed by atoms with Gasteiger partial charge in [0.2, 0.25) is 0 Å². The highest BCUT2D eigenvalue weighted by Crippen LogP contribution is 2.32. The minimum Gasteiger partial charge on any atom is -0.493 e. The molecule has 6 nitrogen and oxygen atoms in total. The van der Waals surface area contributed by atoms with Gasteiger partial charge in [-0.2, -0.15) is 0 Å². The maximum absolute atomic E-state index is 12.5. The number of methoxy groups -OCH3 is 2. The second-order valence-electron chi connectivity index (χ2n) is 7.31. The van der Waals surface area contributed by atoms with E-state index in [4.69, 9.17) is 14.2 Å². The Morgan fingerprint density at radius 1 is 0.897 bits per heavy atom. The van der Waals surface area contributed by atoms with E-state index in [1.807, 2.05) is 18.2 Å². The van der Waals surface area contributed by atoms with Gasteiger partial charge in [-0.1, -0.05) is 45.9 Å². The van der Waals surface area contributed by atoms with Gasteiger partial charge < -0.3 is 19.5 Å². The van der Waals surface area contributed by atoms with Crippen LogP contribution < -0.4 is 14.8 Å². The van der Waals surface area contributed by atoms with E-state index < -0.39 is 5.97 Å². The van der Waals surface area contributed by atoms with Crippen LogP contribution in [0, 0.1) is 0 Å². The molecule has 0 saturated heterocycles. The number of hydrogen-bond donors (Lipinski definition) is 1. The quantitative estimate of drug-likeness (QED) is 0.649. The zero-order valence-electron chi connectivity index (χ0n) is 17.9. The first-order valence-electron chi connectivity index (χ1n) is 9.60. The van der Waals surface area contributed by atoms with Gasteiger partial charge in [-0.3, -0.25) is 4.79 Å². The van der Waals surface area contributed by atoms with Crippen LogP contribution in [0.1, 0.15) is 61.0 Å². The number of hydrogen-bond acceptors (Lipinski definition) is 5. The van der Waals surface area contributed by atoms with Gasteiger partial charge in [0.05, 0.1) is 19.8 Å². The van der Waals surface area contributed by atoms with E-state index in [0.29, 0.717) is 11.5 Å². The summed E-state index contributed by atoms with van der Waals surface area (Å²) >= 11 is 0. The lowest BCUT2D eigenvalue weighted by Gasteiger charge is -2.20. The summed E-state index contributed by atoms with van der Waals surface area (Å²) in [4.78, 5) is 24.8. The molecule has 0 saturated carbocycles. The number of anilines is 1. The van der Waals surface area contributed by atoms with E-state index in [9.17, 15) is 9.59 Å². The van der Waals surface area contributed by atoms with Gasteiger partial charge in [-0.25, -0.2) is 4.79 Å². The molecule has 0 unspecified atom stereocenters. The minimum atomic E-state index is -0.609. The van der Waals surface area contributed by atoms with Crippen LogP contribution in [0.4, 0.5) is 5.69 Å². The molecule has 2 aromatic carbocycles. The topological polar surface area (TPSA) is 73.9 Å². The molecule has 0 aliphatic carbocycles. The number of ether oxygens (including phenoxy) is 3. The number of carbonyl (C=O) groups excluding carboxylic acids is 2. The van der Waals surface area contributed by atoms with Gasteiger partial charge >= 0.3 is 5.97 Å². The predicted octanol–water partition coefficient (Wildman–Crippen LogP) is 4.75. The third-order valence-electron chi connectivity index (χ3n) is 4.59. The second-order valence-corrected chi connectivity index (χ2v) is 7.31. The highest BCUT2D eigenvalue weighted by Gasteiger charge is 2.18. The van der Waals surface area contributed by atoms with E-state index in [1.165, 1.54) is 20.3 Å². The Bertz CT molecular complexity index is 847. The molecule has 1 amide bonds. The summed E-state index contributed by atoms with van der Waals surface area (Å²) in [7, 11) is 3.00. The molecule has 2 aromatic rings. The van der Waals surface area contributed by atoms with E-state index in [0.717, 1.165) is 16.8 Å². The molecule has 6 heteroatoms. The molecule has 1 N–H and O–H groups in total. The first kappa shape index (κ1) is 22.3. The van der Waals surface area contributed by atoms with Crippen LogP contribution >= 0.6 is 0 Å². The summed E-state index contributed by atoms with van der Waals surface area (Å²) in [6.45, 7) is 7.92. The van der Waals surface area contributed by atoms with E-state index >= 15 is 0 Å². The van der Waals surface area contributed by atoms with Crippen LogP contribution in [0.3, 0.4) is 0 Å². The fraction of sp³-hybridized carbons (Fsp3) is 0.391. The molecule has 156 valence electrons. The van der Waals surface area contributed by atoms with Gasteiger partial charge in [-0.05, 0) is 41.2 Å². The molecule has 2 rings (SSSR count). The third-order valence-corrected chi connectivity index (χ3v) is 4.59. The minimum absolute atomic E-state index is 0.248. The first-order chi connectivity index (χ1) is 13.8. The number of benzene rings is 2. The zero-order valence-corrected chi connectivity index (χ0v) is 17.9. The lowest BCUT2D eigenvalue weighted by Crippen LogP contribution is -2.22. The van der Waals surface area contributed by atoms with E-state index in [2.05, 4.69) is 33.0 Å². The van der Waals surface area contributed by atoms with Crippen LogP contribution in [-0.4, -0.2) is 32.7 Å². The van der Waals surface area contributed by atoms with Gasteiger partial charge in [-0.15, -0.1) is 0 Å². The van der Waals surface area contributed by atoms with Crippen LogP contribution in [-0.2, 0) is 9.53 Å². The molecule has 0 aliphatic rings. The van der Waals surface area contributed by atoms with Crippen LogP contribution in [0.25, 0.3) is 0 Å². The highest BCUT2D eigenvalue weighted by atomic mass is 16.5. The number of rotatable bonds is 8. The predicted molar refractivity (Wildman–Crippen MR) is 113 cm³/mol. The second kappa shape index (κ2) is 9.96. The normalized spacial score (nSPS) is 10.8. The van der Waals surface area contributed by atoms with Crippen molar-refractivity contribution in [2.24, 2.45) is 0 Å². The molecule has 0 spiro atoms. The Balaban J connectivity index is 2.10. The van der Waals surface area contributed by atoms with Gasteiger partial charge in [0.1, 0.15) is 0 Å². The van der Waals surface area contributed by atoms with Crippen molar-refractivity contribution in [3.8, 4) is 11.5 Å². The molecule has 29 heavy (non-hydrogen) atoms. The average Bonchev–Trinajstić information content (AvgIpc) is 2.71. The lowest BCUT2D eigenvalue weighted by molar-refractivity contribution is -0.119. The van der Waals surface area contributed by atoms with Crippen molar-refractivity contribution in [1.29, 1.82) is 0 Å². The van der Waals surface area contributed by atoms with E-state index in [1.54, 1.807) is 12.1 Å². The summed E-state index contributed by atoms with van der Waals surface area (Å²) < 4.78 is 15.5. The Labute approximate surface area is 172 Å².